The van der Waals surface area contributed by atoms with E-state index in [1.54, 1.807) is 0 Å². The Balaban J connectivity index is -0.00000112. The third kappa shape index (κ3) is 5.14. The fraction of sp³-hybridized carbons (Fsp3) is 0.875. The molecule has 1 N–H and O–H groups in total. The standard InChI is InChI=1S/C8H18NO6P.2Na/c1-9(2,3)8(7(11)12,5-4-6-10)16(13,14)15;;/h10H,4-6H2,1-3H3,(H2-,11,12,13,14,15);;/q;2*+1/p-2. The molecule has 0 rings (SSSR count). The van der Waals surface area contributed by atoms with E-state index in [0.717, 1.165) is 0 Å². The van der Waals surface area contributed by atoms with E-state index in [9.17, 15) is 24.3 Å². The van der Waals surface area contributed by atoms with Crippen LogP contribution in [0.5, 0.6) is 0 Å². The quantitative estimate of drug-likeness (QED) is 0.295. The van der Waals surface area contributed by atoms with Gasteiger partial charge < -0.3 is 33.8 Å². The first-order valence-electron chi connectivity index (χ1n) is 4.66. The molecule has 0 aromatic carbocycles. The monoisotopic (exact) mass is 299 g/mol. The number of carboxylic acid groups (broad SMARTS) is 1. The first-order valence-corrected chi connectivity index (χ1v) is 6.21. The molecule has 96 valence electrons. The van der Waals surface area contributed by atoms with Crippen LogP contribution in [0.3, 0.4) is 0 Å². The summed E-state index contributed by atoms with van der Waals surface area (Å²) in [6.07, 6.45) is -0.572. The fourth-order valence-electron chi connectivity index (χ4n) is 1.65. The van der Waals surface area contributed by atoms with Gasteiger partial charge in [0.05, 0.1) is 21.1 Å². The predicted molar refractivity (Wildman–Crippen MR) is 49.7 cm³/mol. The summed E-state index contributed by atoms with van der Waals surface area (Å²) in [6.45, 7) is -0.394. The predicted octanol–water partition coefficient (Wildman–Crippen LogP) is -9.17. The number of nitrogens with zero attached hydrogens (tertiary/aromatic N) is 1. The molecule has 0 aliphatic rings. The van der Waals surface area contributed by atoms with Gasteiger partial charge in [-0.2, -0.15) is 0 Å². The maximum atomic E-state index is 11.2. The molecule has 0 saturated heterocycles. The summed E-state index contributed by atoms with van der Waals surface area (Å²) in [4.78, 5) is 33.4. The molecule has 0 aliphatic carbocycles. The van der Waals surface area contributed by atoms with Crippen LogP contribution in [0.15, 0.2) is 0 Å². The molecular weight excluding hydrogens is 283 g/mol. The molecule has 0 saturated carbocycles. The maximum absolute atomic E-state index is 11.2. The van der Waals surface area contributed by atoms with Crippen molar-refractivity contribution in [2.75, 3.05) is 27.7 Å². The van der Waals surface area contributed by atoms with Crippen molar-refractivity contribution >= 4 is 13.6 Å². The zero-order chi connectivity index (χ0) is 13.2. The molecule has 7 nitrogen and oxygen atoms in total. The molecule has 0 spiro atoms. The smallest absolute Gasteiger partial charge is 0.806 e. The summed E-state index contributed by atoms with van der Waals surface area (Å²) in [5.41, 5.74) is 0. The molecule has 0 aromatic rings. The number of carboxylic acids is 1. The third-order valence-electron chi connectivity index (χ3n) is 2.57. The number of likely N-dealkylation sites (N-methyl/N-ethyl adjacent to an activating group) is 1. The van der Waals surface area contributed by atoms with Crippen LogP contribution in [-0.2, 0) is 9.36 Å². The first-order chi connectivity index (χ1) is 7.00. The summed E-state index contributed by atoms with van der Waals surface area (Å²) in [5, 5.41) is 17.1. The van der Waals surface area contributed by atoms with Crippen molar-refractivity contribution in [3.8, 4) is 0 Å². The molecule has 0 aromatic heterocycles. The Labute approximate surface area is 151 Å². The summed E-state index contributed by atoms with van der Waals surface area (Å²) in [7, 11) is -1.55. The maximum Gasteiger partial charge on any atom is 1.00 e. The minimum absolute atomic E-state index is 0. The van der Waals surface area contributed by atoms with E-state index in [1.807, 2.05) is 0 Å². The largest absolute Gasteiger partial charge is 1.00 e. The van der Waals surface area contributed by atoms with Crippen LogP contribution in [0, 0.1) is 0 Å². The Hall–Kier alpha value is 1.54. The number of carbonyl (C=O) groups is 1. The van der Waals surface area contributed by atoms with Crippen LogP contribution < -0.4 is 74.0 Å². The van der Waals surface area contributed by atoms with Gasteiger partial charge in [-0.05, 0) is 6.42 Å². The first kappa shape index (κ1) is 24.6. The Morgan fingerprint density at radius 1 is 1.28 bits per heavy atom. The van der Waals surface area contributed by atoms with Gasteiger partial charge in [0.1, 0.15) is 5.97 Å². The van der Waals surface area contributed by atoms with E-state index in [1.165, 1.54) is 21.1 Å². The summed E-state index contributed by atoms with van der Waals surface area (Å²) >= 11 is 0. The molecule has 1 unspecified atom stereocenters. The van der Waals surface area contributed by atoms with Crippen molar-refractivity contribution in [3.63, 3.8) is 0 Å². The van der Waals surface area contributed by atoms with E-state index < -0.39 is 36.4 Å². The van der Waals surface area contributed by atoms with Crippen LogP contribution >= 0.6 is 7.60 Å². The van der Waals surface area contributed by atoms with Gasteiger partial charge >= 0.3 is 59.1 Å². The van der Waals surface area contributed by atoms with Crippen LogP contribution in [0.1, 0.15) is 12.8 Å². The van der Waals surface area contributed by atoms with Crippen molar-refractivity contribution < 1.29 is 93.0 Å². The van der Waals surface area contributed by atoms with Gasteiger partial charge in [0, 0.05) is 20.6 Å². The molecule has 0 fully saturated rings. The summed E-state index contributed by atoms with van der Waals surface area (Å²) < 4.78 is 10.6. The summed E-state index contributed by atoms with van der Waals surface area (Å²) in [6, 6.07) is 0. The van der Waals surface area contributed by atoms with Crippen molar-refractivity contribution in [2.45, 2.75) is 18.1 Å². The van der Waals surface area contributed by atoms with Crippen LogP contribution in [0.2, 0.25) is 0 Å². The number of carbonyl (C=O) groups excluding carboxylic acids is 1. The van der Waals surface area contributed by atoms with Gasteiger partial charge in [-0.25, -0.2) is 0 Å². The molecule has 0 aliphatic heterocycles. The van der Waals surface area contributed by atoms with Crippen LogP contribution in [0.25, 0.3) is 0 Å². The fourth-order valence-corrected chi connectivity index (χ4v) is 3.04. The van der Waals surface area contributed by atoms with Gasteiger partial charge in [0.2, 0.25) is 0 Å². The van der Waals surface area contributed by atoms with E-state index in [4.69, 9.17) is 5.11 Å². The van der Waals surface area contributed by atoms with Crippen molar-refractivity contribution in [1.82, 2.24) is 0 Å². The molecular formula is C8H16NNa2O6P. The molecule has 10 heteroatoms. The zero-order valence-electron chi connectivity index (χ0n) is 11.5. The second kappa shape index (κ2) is 8.74. The van der Waals surface area contributed by atoms with Crippen molar-refractivity contribution in [3.05, 3.63) is 0 Å². The Kier molecular flexibility index (Phi) is 11.9. The average molecular weight is 299 g/mol. The average Bonchev–Trinajstić information content (AvgIpc) is 1.99. The minimum Gasteiger partial charge on any atom is -0.806 e. The number of rotatable bonds is 6. The van der Waals surface area contributed by atoms with E-state index in [2.05, 4.69) is 0 Å². The number of aliphatic hydroxyl groups is 1. The molecule has 18 heavy (non-hydrogen) atoms. The van der Waals surface area contributed by atoms with E-state index in [-0.39, 0.29) is 65.5 Å². The second-order valence-electron chi connectivity index (χ2n) is 4.44. The van der Waals surface area contributed by atoms with Crippen molar-refractivity contribution in [2.24, 2.45) is 0 Å². The molecule has 0 bridgehead atoms. The molecule has 0 amide bonds. The van der Waals surface area contributed by atoms with E-state index in [0.29, 0.717) is 0 Å². The van der Waals surface area contributed by atoms with Gasteiger partial charge in [0.25, 0.3) is 0 Å². The van der Waals surface area contributed by atoms with Crippen molar-refractivity contribution in [1.29, 1.82) is 0 Å². The SMILES string of the molecule is C[N+](C)(C)C(CCCO)(C(=O)[O-])P(=O)([O-])[O-].[Na+].[Na+]. The zero-order valence-corrected chi connectivity index (χ0v) is 16.4. The van der Waals surface area contributed by atoms with Gasteiger partial charge in [-0.1, -0.05) is 0 Å². The number of hydrogen-bond acceptors (Lipinski definition) is 6. The van der Waals surface area contributed by atoms with Crippen LogP contribution in [0.4, 0.5) is 0 Å². The summed E-state index contributed by atoms with van der Waals surface area (Å²) in [5.74, 6) is -1.93. The van der Waals surface area contributed by atoms with Gasteiger partial charge in [-0.3, -0.25) is 0 Å². The van der Waals surface area contributed by atoms with Gasteiger partial charge in [-0.15, -0.1) is 0 Å². The minimum atomic E-state index is -5.42. The van der Waals surface area contributed by atoms with E-state index >= 15 is 0 Å². The number of aliphatic hydroxyl groups excluding tert-OH is 1. The molecule has 1 atom stereocenters. The third-order valence-corrected chi connectivity index (χ3v) is 4.49. The number of hydrogen-bond donors (Lipinski definition) is 1. The topological polar surface area (TPSA) is 124 Å². The second-order valence-corrected chi connectivity index (χ2v) is 6.18. The Bertz CT molecular complexity index is 315. The number of quaternary nitrogens is 1. The Morgan fingerprint density at radius 2 is 1.67 bits per heavy atom. The molecule has 0 heterocycles. The van der Waals surface area contributed by atoms with Gasteiger partial charge in [0.15, 0.2) is 5.28 Å². The number of aliphatic carboxylic acids is 1. The normalized spacial score (nSPS) is 15.0. The molecule has 0 radical (unpaired) electrons. The van der Waals surface area contributed by atoms with Crippen LogP contribution in [-0.4, -0.2) is 48.6 Å². The Morgan fingerprint density at radius 3 is 1.83 bits per heavy atom.